The third kappa shape index (κ3) is 5.28. The van der Waals surface area contributed by atoms with Crippen LogP contribution in [0.25, 0.3) is 5.69 Å². The maximum absolute atomic E-state index is 13.0. The van der Waals surface area contributed by atoms with Crippen LogP contribution in [0.4, 0.5) is 5.69 Å². The molecule has 0 radical (unpaired) electrons. The number of thiazole rings is 1. The molecule has 0 bridgehead atoms. The smallest absolute Gasteiger partial charge is 0.275 e. The number of nitrogens with zero attached hydrogens (tertiary/aromatic N) is 4. The zero-order valence-electron chi connectivity index (χ0n) is 20.7. The number of piperidine rings is 1. The fraction of sp³-hybridized carbons (Fsp3) is 0.222. The third-order valence-electron chi connectivity index (χ3n) is 6.47. The number of benzene rings is 2. The number of hydrogen-bond acceptors (Lipinski definition) is 7. The Bertz CT molecular complexity index is 1470. The molecular formula is C27H26N6O4S. The number of primary amides is 1. The van der Waals surface area contributed by atoms with Gasteiger partial charge in [-0.3, -0.25) is 14.4 Å². The molecule has 3 N–H and O–H groups in total. The molecule has 0 atom stereocenters. The van der Waals surface area contributed by atoms with Gasteiger partial charge >= 0.3 is 0 Å². The van der Waals surface area contributed by atoms with Gasteiger partial charge in [0.15, 0.2) is 0 Å². The molecule has 3 amide bonds. The minimum atomic E-state index is -0.603. The van der Waals surface area contributed by atoms with Crippen LogP contribution in [0, 0.1) is 0 Å². The van der Waals surface area contributed by atoms with E-state index in [2.05, 4.69) is 15.4 Å². The lowest BCUT2D eigenvalue weighted by Crippen LogP contribution is -2.37. The molecule has 5 rings (SSSR count). The summed E-state index contributed by atoms with van der Waals surface area (Å²) < 4.78 is 6.98. The number of para-hydroxylation sites is 1. The molecule has 0 spiro atoms. The quantitative estimate of drug-likeness (QED) is 0.374. The number of aromatic nitrogens is 3. The van der Waals surface area contributed by atoms with E-state index >= 15 is 0 Å². The van der Waals surface area contributed by atoms with Crippen LogP contribution < -0.4 is 15.8 Å². The summed E-state index contributed by atoms with van der Waals surface area (Å²) in [7, 11) is 1.47. The fourth-order valence-corrected chi connectivity index (χ4v) is 5.36. The first-order valence-corrected chi connectivity index (χ1v) is 12.9. The van der Waals surface area contributed by atoms with Crippen molar-refractivity contribution in [1.29, 1.82) is 0 Å². The number of nitrogens with one attached hydrogen (secondary N) is 1. The molecule has 1 fully saturated rings. The van der Waals surface area contributed by atoms with Gasteiger partial charge in [0, 0.05) is 36.1 Å². The summed E-state index contributed by atoms with van der Waals surface area (Å²) >= 11 is 1.43. The Balaban J connectivity index is 1.20. The molecule has 1 saturated heterocycles. The van der Waals surface area contributed by atoms with Crippen LogP contribution in [0.1, 0.15) is 55.0 Å². The van der Waals surface area contributed by atoms with Gasteiger partial charge in [0.25, 0.3) is 11.8 Å². The summed E-state index contributed by atoms with van der Waals surface area (Å²) in [6.45, 7) is 1.19. The van der Waals surface area contributed by atoms with Crippen molar-refractivity contribution in [2.24, 2.45) is 5.73 Å². The number of carbonyl (C=O) groups excluding carboxylic acids is 3. The van der Waals surface area contributed by atoms with Crippen molar-refractivity contribution in [2.75, 3.05) is 25.5 Å². The van der Waals surface area contributed by atoms with Gasteiger partial charge in [-0.15, -0.1) is 11.3 Å². The van der Waals surface area contributed by atoms with Gasteiger partial charge in [0.2, 0.25) is 5.91 Å². The topological polar surface area (TPSA) is 132 Å². The highest BCUT2D eigenvalue weighted by atomic mass is 32.1. The van der Waals surface area contributed by atoms with Crippen LogP contribution >= 0.6 is 11.3 Å². The lowest BCUT2D eigenvalue weighted by Gasteiger charge is -2.30. The van der Waals surface area contributed by atoms with E-state index in [-0.39, 0.29) is 23.1 Å². The highest BCUT2D eigenvalue weighted by Gasteiger charge is 2.28. The highest BCUT2D eigenvalue weighted by Crippen LogP contribution is 2.32. The van der Waals surface area contributed by atoms with Gasteiger partial charge < -0.3 is 20.7 Å². The van der Waals surface area contributed by atoms with Gasteiger partial charge in [-0.2, -0.15) is 5.10 Å². The molecule has 194 valence electrons. The molecule has 38 heavy (non-hydrogen) atoms. The molecule has 1 aliphatic rings. The van der Waals surface area contributed by atoms with Crippen molar-refractivity contribution < 1.29 is 19.1 Å². The summed E-state index contributed by atoms with van der Waals surface area (Å²) in [5.41, 5.74) is 7.68. The molecule has 4 aromatic rings. The van der Waals surface area contributed by atoms with Crippen LogP contribution in [0.2, 0.25) is 0 Å². The van der Waals surface area contributed by atoms with E-state index in [1.807, 2.05) is 35.2 Å². The number of amides is 3. The normalized spacial score (nSPS) is 13.8. The summed E-state index contributed by atoms with van der Waals surface area (Å²) in [6, 6.07) is 14.2. The van der Waals surface area contributed by atoms with E-state index in [0.29, 0.717) is 30.1 Å². The van der Waals surface area contributed by atoms with Crippen molar-refractivity contribution in [1.82, 2.24) is 19.7 Å². The molecule has 2 aromatic heterocycles. The van der Waals surface area contributed by atoms with Crippen molar-refractivity contribution >= 4 is 34.7 Å². The van der Waals surface area contributed by atoms with Crippen molar-refractivity contribution in [2.45, 2.75) is 18.8 Å². The minimum Gasteiger partial charge on any atom is -0.495 e. The Hall–Kier alpha value is -4.51. The second-order valence-corrected chi connectivity index (χ2v) is 9.77. The van der Waals surface area contributed by atoms with Gasteiger partial charge in [-0.25, -0.2) is 9.67 Å². The third-order valence-corrected chi connectivity index (χ3v) is 7.48. The zero-order valence-corrected chi connectivity index (χ0v) is 21.5. The van der Waals surface area contributed by atoms with Gasteiger partial charge in [0.1, 0.15) is 11.4 Å². The molecule has 2 aromatic carbocycles. The number of methoxy groups -OCH3 is 1. The molecule has 3 heterocycles. The lowest BCUT2D eigenvalue weighted by molar-refractivity contribution is 0.0712. The summed E-state index contributed by atoms with van der Waals surface area (Å²) in [5.74, 6) is -0.489. The number of anilines is 1. The number of likely N-dealkylation sites (tertiary alicyclic amines) is 1. The van der Waals surface area contributed by atoms with Crippen LogP contribution in [0.5, 0.6) is 5.75 Å². The van der Waals surface area contributed by atoms with Crippen LogP contribution in [0.15, 0.2) is 66.3 Å². The fourth-order valence-electron chi connectivity index (χ4n) is 4.39. The predicted molar refractivity (Wildman–Crippen MR) is 143 cm³/mol. The van der Waals surface area contributed by atoms with Crippen molar-refractivity contribution in [3.63, 3.8) is 0 Å². The van der Waals surface area contributed by atoms with Crippen molar-refractivity contribution in [3.8, 4) is 11.4 Å². The van der Waals surface area contributed by atoms with E-state index in [1.54, 1.807) is 28.5 Å². The molecule has 0 aliphatic carbocycles. The summed E-state index contributed by atoms with van der Waals surface area (Å²) in [5, 5.41) is 9.66. The Morgan fingerprint density at radius 2 is 1.84 bits per heavy atom. The maximum atomic E-state index is 13.0. The largest absolute Gasteiger partial charge is 0.495 e. The van der Waals surface area contributed by atoms with E-state index in [9.17, 15) is 14.4 Å². The number of hydrogen-bond donors (Lipinski definition) is 2. The van der Waals surface area contributed by atoms with Gasteiger partial charge in [-0.1, -0.05) is 18.2 Å². The molecule has 10 nitrogen and oxygen atoms in total. The molecule has 1 aliphatic heterocycles. The van der Waals surface area contributed by atoms with Gasteiger partial charge in [0.05, 0.1) is 35.3 Å². The SMILES string of the molecule is COc1ccc(C(N)=O)cc1NC(=O)c1csc(C2CCN(C(=O)c3cnn(-c4ccccc4)c3)CC2)n1. The highest BCUT2D eigenvalue weighted by molar-refractivity contribution is 7.10. The first kappa shape index (κ1) is 25.2. The maximum Gasteiger partial charge on any atom is 0.275 e. The Morgan fingerprint density at radius 3 is 2.55 bits per heavy atom. The zero-order chi connectivity index (χ0) is 26.6. The number of nitrogens with two attached hydrogens (primary N) is 1. The minimum absolute atomic E-state index is 0.0445. The monoisotopic (exact) mass is 530 g/mol. The number of carbonyl (C=O) groups is 3. The average Bonchev–Trinajstić information content (AvgIpc) is 3.64. The molecular weight excluding hydrogens is 504 g/mol. The second kappa shape index (κ2) is 10.9. The number of ether oxygens (including phenoxy) is 1. The van der Waals surface area contributed by atoms with E-state index < -0.39 is 11.8 Å². The van der Waals surface area contributed by atoms with Crippen LogP contribution in [0.3, 0.4) is 0 Å². The molecule has 0 unspecified atom stereocenters. The average molecular weight is 531 g/mol. The lowest BCUT2D eigenvalue weighted by atomic mass is 9.97. The Labute approximate surface area is 223 Å². The summed E-state index contributed by atoms with van der Waals surface area (Å²) in [6.07, 6.45) is 4.86. The van der Waals surface area contributed by atoms with E-state index in [4.69, 9.17) is 10.5 Å². The van der Waals surface area contributed by atoms with Crippen molar-refractivity contribution in [3.05, 3.63) is 88.1 Å². The van der Waals surface area contributed by atoms with Crippen LogP contribution in [-0.2, 0) is 0 Å². The van der Waals surface area contributed by atoms with Gasteiger partial charge in [-0.05, 0) is 43.2 Å². The summed E-state index contributed by atoms with van der Waals surface area (Å²) in [4.78, 5) is 43.8. The predicted octanol–water partition coefficient (Wildman–Crippen LogP) is 3.71. The molecule has 11 heteroatoms. The standard InChI is InChI=1S/C27H26N6O4S/c1-37-23-8-7-18(24(28)34)13-21(23)30-25(35)22-16-38-26(31-22)17-9-11-32(12-10-17)27(36)19-14-29-33(15-19)20-5-3-2-4-6-20/h2-8,13-17H,9-12H2,1H3,(H2,28,34)(H,30,35). The van der Waals surface area contributed by atoms with E-state index in [0.717, 1.165) is 23.5 Å². The molecule has 0 saturated carbocycles. The number of rotatable bonds is 7. The van der Waals surface area contributed by atoms with E-state index in [1.165, 1.54) is 30.6 Å². The Kier molecular flexibility index (Phi) is 7.18. The van der Waals surface area contributed by atoms with Crippen LogP contribution in [-0.4, -0.2) is 57.6 Å². The Morgan fingerprint density at radius 1 is 1.08 bits per heavy atom. The first-order valence-electron chi connectivity index (χ1n) is 12.1. The second-order valence-electron chi connectivity index (χ2n) is 8.88. The first-order chi connectivity index (χ1) is 18.4.